The summed E-state index contributed by atoms with van der Waals surface area (Å²) in [6.45, 7) is 2.55. The van der Waals surface area contributed by atoms with E-state index in [0.29, 0.717) is 12.1 Å². The van der Waals surface area contributed by atoms with E-state index in [9.17, 15) is 0 Å². The maximum absolute atomic E-state index is 8.87. The van der Waals surface area contributed by atoms with Gasteiger partial charge in [-0.2, -0.15) is 5.26 Å². The Morgan fingerprint density at radius 2 is 2.12 bits per heavy atom. The Morgan fingerprint density at radius 3 is 2.82 bits per heavy atom. The van der Waals surface area contributed by atoms with Crippen LogP contribution in [0.3, 0.4) is 0 Å². The second-order valence-electron chi connectivity index (χ2n) is 3.93. The van der Waals surface area contributed by atoms with Gasteiger partial charge in [0.15, 0.2) is 0 Å². The molecule has 2 rings (SSSR count). The zero-order valence-electron chi connectivity index (χ0n) is 9.64. The van der Waals surface area contributed by atoms with Crippen molar-refractivity contribution in [2.24, 2.45) is 5.73 Å². The number of aromatic nitrogens is 1. The van der Waals surface area contributed by atoms with Gasteiger partial charge in [-0.1, -0.05) is 12.1 Å². The standard InChI is InChI=1S/C14H13N3/c1-10-2-3-11(6-15)5-14(10)13-4-12(7-16)8-17-9-13/h2-5,8-9H,6,15H2,1H3. The second kappa shape index (κ2) is 4.77. The molecule has 0 atom stereocenters. The Bertz CT molecular complexity index is 582. The maximum Gasteiger partial charge on any atom is 0.101 e. The minimum atomic E-state index is 0.513. The summed E-state index contributed by atoms with van der Waals surface area (Å²) >= 11 is 0. The third-order valence-electron chi connectivity index (χ3n) is 2.72. The molecule has 0 amide bonds. The van der Waals surface area contributed by atoms with Crippen LogP contribution in [0.4, 0.5) is 0 Å². The first kappa shape index (κ1) is 11.3. The van der Waals surface area contributed by atoms with E-state index in [-0.39, 0.29) is 0 Å². The molecule has 0 saturated carbocycles. The molecule has 1 aromatic carbocycles. The number of rotatable bonds is 2. The van der Waals surface area contributed by atoms with Crippen molar-refractivity contribution in [2.45, 2.75) is 13.5 Å². The molecule has 0 radical (unpaired) electrons. The van der Waals surface area contributed by atoms with Gasteiger partial charge in [-0.3, -0.25) is 4.98 Å². The van der Waals surface area contributed by atoms with Crippen LogP contribution in [0.5, 0.6) is 0 Å². The van der Waals surface area contributed by atoms with E-state index in [0.717, 1.165) is 22.3 Å². The van der Waals surface area contributed by atoms with Crippen molar-refractivity contribution in [3.63, 3.8) is 0 Å². The largest absolute Gasteiger partial charge is 0.326 e. The molecule has 0 saturated heterocycles. The van der Waals surface area contributed by atoms with E-state index in [1.54, 1.807) is 12.4 Å². The van der Waals surface area contributed by atoms with Crippen LogP contribution in [0, 0.1) is 18.3 Å². The Labute approximate surface area is 101 Å². The lowest BCUT2D eigenvalue weighted by molar-refractivity contribution is 1.07. The summed E-state index contributed by atoms with van der Waals surface area (Å²) < 4.78 is 0. The van der Waals surface area contributed by atoms with Crippen LogP contribution in [0.15, 0.2) is 36.7 Å². The van der Waals surface area contributed by atoms with Gasteiger partial charge < -0.3 is 5.73 Å². The molecule has 0 spiro atoms. The van der Waals surface area contributed by atoms with Crippen LogP contribution in [0.1, 0.15) is 16.7 Å². The highest BCUT2D eigenvalue weighted by Gasteiger charge is 2.04. The van der Waals surface area contributed by atoms with Crippen LogP contribution in [-0.4, -0.2) is 4.98 Å². The summed E-state index contributed by atoms with van der Waals surface area (Å²) in [5.74, 6) is 0. The van der Waals surface area contributed by atoms with E-state index in [4.69, 9.17) is 11.0 Å². The van der Waals surface area contributed by atoms with Gasteiger partial charge >= 0.3 is 0 Å². The molecule has 1 heterocycles. The van der Waals surface area contributed by atoms with Gasteiger partial charge in [0.1, 0.15) is 6.07 Å². The fourth-order valence-electron chi connectivity index (χ4n) is 1.76. The van der Waals surface area contributed by atoms with Crippen molar-refractivity contribution >= 4 is 0 Å². The van der Waals surface area contributed by atoms with E-state index < -0.39 is 0 Å². The summed E-state index contributed by atoms with van der Waals surface area (Å²) in [6, 6.07) is 10.0. The Balaban J connectivity index is 2.55. The molecular weight excluding hydrogens is 210 g/mol. The van der Waals surface area contributed by atoms with Crippen molar-refractivity contribution in [3.05, 3.63) is 53.3 Å². The Kier molecular flexibility index (Phi) is 3.17. The van der Waals surface area contributed by atoms with Crippen molar-refractivity contribution in [1.82, 2.24) is 4.98 Å². The Morgan fingerprint density at radius 1 is 1.29 bits per heavy atom. The summed E-state index contributed by atoms with van der Waals surface area (Å²) in [6.07, 6.45) is 3.33. The fourth-order valence-corrected chi connectivity index (χ4v) is 1.76. The van der Waals surface area contributed by atoms with Gasteiger partial charge in [-0.05, 0) is 35.7 Å². The van der Waals surface area contributed by atoms with Gasteiger partial charge in [0, 0.05) is 24.5 Å². The molecule has 0 unspecified atom stereocenters. The molecular formula is C14H13N3. The second-order valence-corrected chi connectivity index (χ2v) is 3.93. The molecule has 0 aliphatic rings. The number of hydrogen-bond donors (Lipinski definition) is 1. The smallest absolute Gasteiger partial charge is 0.101 e. The van der Waals surface area contributed by atoms with Crippen molar-refractivity contribution in [2.75, 3.05) is 0 Å². The van der Waals surface area contributed by atoms with Gasteiger partial charge in [-0.25, -0.2) is 0 Å². The molecule has 17 heavy (non-hydrogen) atoms. The van der Waals surface area contributed by atoms with E-state index >= 15 is 0 Å². The van der Waals surface area contributed by atoms with Crippen LogP contribution in [-0.2, 0) is 6.54 Å². The zero-order chi connectivity index (χ0) is 12.3. The lowest BCUT2D eigenvalue weighted by atomic mass is 9.98. The zero-order valence-corrected chi connectivity index (χ0v) is 9.64. The van der Waals surface area contributed by atoms with E-state index in [1.807, 2.05) is 31.2 Å². The SMILES string of the molecule is Cc1ccc(CN)cc1-c1cncc(C#N)c1. The fraction of sp³-hybridized carbons (Fsp3) is 0.143. The number of nitriles is 1. The van der Waals surface area contributed by atoms with Gasteiger partial charge in [-0.15, -0.1) is 0 Å². The van der Waals surface area contributed by atoms with Crippen LogP contribution < -0.4 is 5.73 Å². The predicted molar refractivity (Wildman–Crippen MR) is 67.0 cm³/mol. The highest BCUT2D eigenvalue weighted by molar-refractivity contribution is 5.68. The molecule has 0 aliphatic carbocycles. The normalized spacial score (nSPS) is 9.94. The van der Waals surface area contributed by atoms with Gasteiger partial charge in [0.25, 0.3) is 0 Å². The molecule has 2 N–H and O–H groups in total. The van der Waals surface area contributed by atoms with E-state index in [1.165, 1.54) is 0 Å². The number of nitrogens with two attached hydrogens (primary N) is 1. The minimum Gasteiger partial charge on any atom is -0.326 e. The van der Waals surface area contributed by atoms with Crippen molar-refractivity contribution in [1.29, 1.82) is 5.26 Å². The molecule has 1 aromatic heterocycles. The van der Waals surface area contributed by atoms with Crippen LogP contribution in [0.2, 0.25) is 0 Å². The summed E-state index contributed by atoms with van der Waals surface area (Å²) in [5, 5.41) is 8.87. The monoisotopic (exact) mass is 223 g/mol. The minimum absolute atomic E-state index is 0.513. The first-order valence-electron chi connectivity index (χ1n) is 5.39. The highest BCUT2D eigenvalue weighted by atomic mass is 14.6. The third-order valence-corrected chi connectivity index (χ3v) is 2.72. The first-order chi connectivity index (χ1) is 8.24. The third kappa shape index (κ3) is 2.32. The first-order valence-corrected chi connectivity index (χ1v) is 5.39. The molecule has 84 valence electrons. The number of hydrogen-bond acceptors (Lipinski definition) is 3. The molecule has 0 aliphatic heterocycles. The summed E-state index contributed by atoms with van der Waals surface area (Å²) in [5.41, 5.74) is 10.5. The Hall–Kier alpha value is -2.18. The number of aryl methyl sites for hydroxylation is 1. The quantitative estimate of drug-likeness (QED) is 0.850. The van der Waals surface area contributed by atoms with Gasteiger partial charge in [0.05, 0.1) is 5.56 Å². The topological polar surface area (TPSA) is 62.7 Å². The number of benzene rings is 1. The highest BCUT2D eigenvalue weighted by Crippen LogP contribution is 2.24. The summed E-state index contributed by atoms with van der Waals surface area (Å²) in [7, 11) is 0. The predicted octanol–water partition coefficient (Wildman–Crippen LogP) is 2.39. The van der Waals surface area contributed by atoms with Crippen molar-refractivity contribution < 1.29 is 0 Å². The summed E-state index contributed by atoms with van der Waals surface area (Å²) in [4.78, 5) is 4.07. The van der Waals surface area contributed by atoms with Crippen LogP contribution >= 0.6 is 0 Å². The average molecular weight is 223 g/mol. The maximum atomic E-state index is 8.87. The average Bonchev–Trinajstić information content (AvgIpc) is 2.39. The molecule has 0 fully saturated rings. The lowest BCUT2D eigenvalue weighted by Gasteiger charge is -2.08. The molecule has 3 nitrogen and oxygen atoms in total. The molecule has 3 heteroatoms. The molecule has 2 aromatic rings. The van der Waals surface area contributed by atoms with E-state index in [2.05, 4.69) is 11.1 Å². The van der Waals surface area contributed by atoms with Gasteiger partial charge in [0.2, 0.25) is 0 Å². The van der Waals surface area contributed by atoms with Crippen LogP contribution in [0.25, 0.3) is 11.1 Å². The number of pyridine rings is 1. The number of nitrogens with zero attached hydrogens (tertiary/aromatic N) is 2. The molecule has 0 bridgehead atoms. The lowest BCUT2D eigenvalue weighted by Crippen LogP contribution is -1.97. The van der Waals surface area contributed by atoms with Crippen molar-refractivity contribution in [3.8, 4) is 17.2 Å².